The Labute approximate surface area is 122 Å². The summed E-state index contributed by atoms with van der Waals surface area (Å²) in [5, 5.41) is 3.21. The van der Waals surface area contributed by atoms with Gasteiger partial charge in [0.1, 0.15) is 5.82 Å². The molecule has 1 heterocycles. The first-order chi connectivity index (χ1) is 9.58. The van der Waals surface area contributed by atoms with Crippen LogP contribution in [0.3, 0.4) is 0 Å². The number of hydrogen-bond donors (Lipinski definition) is 1. The highest BCUT2D eigenvalue weighted by molar-refractivity contribution is 6.31. The molecule has 0 radical (unpaired) electrons. The molecule has 3 nitrogen and oxygen atoms in total. The molecule has 3 rings (SSSR count). The van der Waals surface area contributed by atoms with Gasteiger partial charge in [0.15, 0.2) is 0 Å². The van der Waals surface area contributed by atoms with Crippen LogP contribution in [0.2, 0.25) is 5.02 Å². The maximum absolute atomic E-state index is 13.6. The Morgan fingerprint density at radius 3 is 2.90 bits per heavy atom. The molecule has 1 amide bonds. The van der Waals surface area contributed by atoms with E-state index in [1.54, 1.807) is 0 Å². The van der Waals surface area contributed by atoms with E-state index in [4.69, 9.17) is 16.3 Å². The first kappa shape index (κ1) is 13.8. The Hall–Kier alpha value is -1.13. The van der Waals surface area contributed by atoms with E-state index < -0.39 is 11.7 Å². The van der Waals surface area contributed by atoms with Crippen molar-refractivity contribution in [2.75, 3.05) is 6.61 Å². The zero-order chi connectivity index (χ0) is 14.2. The molecule has 1 atom stereocenters. The smallest absolute Gasteiger partial charge is 0.254 e. The van der Waals surface area contributed by atoms with Gasteiger partial charge in [-0.3, -0.25) is 4.79 Å². The highest BCUT2D eigenvalue weighted by Gasteiger charge is 2.42. The predicted molar refractivity (Wildman–Crippen MR) is 74.4 cm³/mol. The van der Waals surface area contributed by atoms with Crippen LogP contribution >= 0.6 is 11.6 Å². The zero-order valence-corrected chi connectivity index (χ0v) is 11.9. The third-order valence-electron chi connectivity index (χ3n) is 4.23. The molecular formula is C15H17ClFNO2. The van der Waals surface area contributed by atoms with Crippen LogP contribution < -0.4 is 5.32 Å². The number of rotatable bonds is 2. The summed E-state index contributed by atoms with van der Waals surface area (Å²) >= 11 is 5.80. The van der Waals surface area contributed by atoms with E-state index in [2.05, 4.69) is 5.32 Å². The lowest BCUT2D eigenvalue weighted by Gasteiger charge is -2.21. The third kappa shape index (κ3) is 2.67. The Bertz CT molecular complexity index is 529. The number of amides is 1. The molecule has 1 spiro atoms. The number of ether oxygens (including phenoxy) is 1. The normalized spacial score (nSPS) is 24.2. The quantitative estimate of drug-likeness (QED) is 0.909. The summed E-state index contributed by atoms with van der Waals surface area (Å²) in [4.78, 5) is 12.1. The minimum Gasteiger partial charge on any atom is -0.373 e. The third-order valence-corrected chi connectivity index (χ3v) is 4.47. The van der Waals surface area contributed by atoms with Gasteiger partial charge in [-0.25, -0.2) is 4.39 Å². The zero-order valence-electron chi connectivity index (χ0n) is 11.1. The van der Waals surface area contributed by atoms with E-state index in [0.717, 1.165) is 19.3 Å². The van der Waals surface area contributed by atoms with Gasteiger partial charge in [-0.1, -0.05) is 24.4 Å². The van der Waals surface area contributed by atoms with Crippen LogP contribution in [0.25, 0.3) is 0 Å². The molecule has 2 fully saturated rings. The van der Waals surface area contributed by atoms with E-state index in [1.165, 1.54) is 31.0 Å². The van der Waals surface area contributed by atoms with Gasteiger partial charge in [0.25, 0.3) is 5.91 Å². The fourth-order valence-corrected chi connectivity index (χ4v) is 3.41. The Morgan fingerprint density at radius 2 is 2.15 bits per heavy atom. The molecular weight excluding hydrogens is 281 g/mol. The second kappa shape index (κ2) is 5.34. The van der Waals surface area contributed by atoms with Crippen molar-refractivity contribution in [3.63, 3.8) is 0 Å². The standard InChI is InChI=1S/C15H17ClFNO2/c16-10-3-4-13(17)12(7-10)14(19)18-11-8-15(20-9-11)5-1-2-6-15/h3-4,7,11H,1-2,5-6,8-9H2,(H,18,19)/t11-/m1/s1. The van der Waals surface area contributed by atoms with E-state index in [1.807, 2.05) is 0 Å². The number of hydrogen-bond acceptors (Lipinski definition) is 2. The molecule has 1 aromatic carbocycles. The van der Waals surface area contributed by atoms with Crippen LogP contribution in [0.15, 0.2) is 18.2 Å². The lowest BCUT2D eigenvalue weighted by atomic mass is 9.96. The molecule has 5 heteroatoms. The lowest BCUT2D eigenvalue weighted by molar-refractivity contribution is 0.00987. The second-order valence-corrected chi connectivity index (χ2v) is 6.14. The van der Waals surface area contributed by atoms with Gasteiger partial charge in [0.2, 0.25) is 0 Å². The van der Waals surface area contributed by atoms with Crippen molar-refractivity contribution in [1.29, 1.82) is 0 Å². The van der Waals surface area contributed by atoms with Crippen LogP contribution in [0.4, 0.5) is 4.39 Å². The molecule has 0 bridgehead atoms. The van der Waals surface area contributed by atoms with E-state index in [0.29, 0.717) is 11.6 Å². The summed E-state index contributed by atoms with van der Waals surface area (Å²) in [7, 11) is 0. The predicted octanol–water partition coefficient (Wildman–Crippen LogP) is 3.31. The van der Waals surface area contributed by atoms with Crippen molar-refractivity contribution >= 4 is 17.5 Å². The van der Waals surface area contributed by atoms with Crippen molar-refractivity contribution in [1.82, 2.24) is 5.32 Å². The van der Waals surface area contributed by atoms with Gasteiger partial charge < -0.3 is 10.1 Å². The van der Waals surface area contributed by atoms with Gasteiger partial charge >= 0.3 is 0 Å². The molecule has 1 aliphatic heterocycles. The number of benzene rings is 1. The van der Waals surface area contributed by atoms with E-state index >= 15 is 0 Å². The molecule has 1 aliphatic carbocycles. The maximum Gasteiger partial charge on any atom is 0.254 e. The van der Waals surface area contributed by atoms with Gasteiger partial charge in [0, 0.05) is 5.02 Å². The molecule has 108 valence electrons. The van der Waals surface area contributed by atoms with Gasteiger partial charge in [-0.05, 0) is 37.5 Å². The van der Waals surface area contributed by atoms with Gasteiger partial charge in [-0.15, -0.1) is 0 Å². The summed E-state index contributed by atoms with van der Waals surface area (Å²) in [5.74, 6) is -0.977. The molecule has 1 aromatic rings. The second-order valence-electron chi connectivity index (χ2n) is 5.70. The number of carbonyl (C=O) groups is 1. The van der Waals surface area contributed by atoms with E-state index in [-0.39, 0.29) is 17.2 Å². The minimum absolute atomic E-state index is 0.00938. The largest absolute Gasteiger partial charge is 0.373 e. The van der Waals surface area contributed by atoms with Gasteiger partial charge in [-0.2, -0.15) is 0 Å². The molecule has 2 aliphatic rings. The Kier molecular flexibility index (Phi) is 3.69. The van der Waals surface area contributed by atoms with Gasteiger partial charge in [0.05, 0.1) is 23.8 Å². The first-order valence-corrected chi connectivity index (χ1v) is 7.36. The average molecular weight is 298 g/mol. The summed E-state index contributed by atoms with van der Waals surface area (Å²) < 4.78 is 19.5. The Morgan fingerprint density at radius 1 is 1.40 bits per heavy atom. The van der Waals surface area contributed by atoms with Crippen LogP contribution in [0.5, 0.6) is 0 Å². The van der Waals surface area contributed by atoms with Crippen molar-refractivity contribution in [2.45, 2.75) is 43.7 Å². The topological polar surface area (TPSA) is 38.3 Å². The molecule has 0 aromatic heterocycles. The number of carbonyl (C=O) groups excluding carboxylic acids is 1. The first-order valence-electron chi connectivity index (χ1n) is 6.98. The Balaban J connectivity index is 1.66. The lowest BCUT2D eigenvalue weighted by Crippen LogP contribution is -2.36. The van der Waals surface area contributed by atoms with Crippen molar-refractivity contribution in [3.8, 4) is 0 Å². The minimum atomic E-state index is -0.554. The molecule has 1 saturated carbocycles. The van der Waals surface area contributed by atoms with Crippen LogP contribution in [-0.4, -0.2) is 24.2 Å². The van der Waals surface area contributed by atoms with Crippen LogP contribution in [-0.2, 0) is 4.74 Å². The number of nitrogens with one attached hydrogen (secondary N) is 1. The molecule has 0 unspecified atom stereocenters. The monoisotopic (exact) mass is 297 g/mol. The van der Waals surface area contributed by atoms with E-state index in [9.17, 15) is 9.18 Å². The fourth-order valence-electron chi connectivity index (χ4n) is 3.24. The molecule has 1 saturated heterocycles. The average Bonchev–Trinajstić information content (AvgIpc) is 3.03. The van der Waals surface area contributed by atoms with Crippen LogP contribution in [0, 0.1) is 5.82 Å². The van der Waals surface area contributed by atoms with Crippen LogP contribution in [0.1, 0.15) is 42.5 Å². The molecule has 20 heavy (non-hydrogen) atoms. The summed E-state index contributed by atoms with van der Waals surface area (Å²) in [6, 6.07) is 3.95. The van der Waals surface area contributed by atoms with Crippen molar-refractivity contribution in [3.05, 3.63) is 34.6 Å². The van der Waals surface area contributed by atoms with Crippen molar-refractivity contribution in [2.24, 2.45) is 0 Å². The highest BCUT2D eigenvalue weighted by atomic mass is 35.5. The summed E-state index contributed by atoms with van der Waals surface area (Å²) in [5.41, 5.74) is -0.0601. The number of halogens is 2. The highest BCUT2D eigenvalue weighted by Crippen LogP contribution is 2.40. The van der Waals surface area contributed by atoms with Crippen molar-refractivity contribution < 1.29 is 13.9 Å². The molecule has 1 N–H and O–H groups in total. The summed E-state index contributed by atoms with van der Waals surface area (Å²) in [6.07, 6.45) is 5.31. The summed E-state index contributed by atoms with van der Waals surface area (Å²) in [6.45, 7) is 0.508. The fraction of sp³-hybridized carbons (Fsp3) is 0.533. The SMILES string of the molecule is O=C(N[C@H]1COC2(CCCC2)C1)c1cc(Cl)ccc1F. The maximum atomic E-state index is 13.6.